The fourth-order valence-corrected chi connectivity index (χ4v) is 3.90. The Labute approximate surface area is 118 Å². The van der Waals surface area contributed by atoms with Crippen LogP contribution in [-0.4, -0.2) is 33.4 Å². The highest BCUT2D eigenvalue weighted by Crippen LogP contribution is 2.25. The lowest BCUT2D eigenvalue weighted by molar-refractivity contribution is 0.468. The molecule has 0 fully saturated rings. The number of sulfonamides is 1. The number of hydrogen-bond acceptors (Lipinski definition) is 3. The highest BCUT2D eigenvalue weighted by atomic mass is 79.9. The molecule has 6 heteroatoms. The molecule has 1 aromatic rings. The van der Waals surface area contributed by atoms with Crippen LogP contribution in [-0.2, 0) is 16.6 Å². The maximum Gasteiger partial charge on any atom is 0.243 e. The molecule has 0 heterocycles. The largest absolute Gasteiger partial charge is 0.316 e. The molecule has 18 heavy (non-hydrogen) atoms. The van der Waals surface area contributed by atoms with Crippen LogP contribution in [0.5, 0.6) is 0 Å². The summed E-state index contributed by atoms with van der Waals surface area (Å²) in [6, 6.07) is 5.39. The van der Waals surface area contributed by atoms with Crippen molar-refractivity contribution in [2.75, 3.05) is 20.6 Å². The number of benzene rings is 1. The van der Waals surface area contributed by atoms with E-state index in [9.17, 15) is 8.42 Å². The van der Waals surface area contributed by atoms with E-state index in [0.29, 0.717) is 22.5 Å². The summed E-state index contributed by atoms with van der Waals surface area (Å²) in [7, 11) is 0.0260. The molecule has 4 nitrogen and oxygen atoms in total. The molecule has 1 N–H and O–H groups in total. The lowest BCUT2D eigenvalue weighted by atomic mass is 10.2. The molecule has 0 aliphatic rings. The maximum absolute atomic E-state index is 12.4. The van der Waals surface area contributed by atoms with Gasteiger partial charge in [-0.2, -0.15) is 0 Å². The molecule has 0 aliphatic carbocycles. The third kappa shape index (κ3) is 3.54. The van der Waals surface area contributed by atoms with Gasteiger partial charge in [0.05, 0.1) is 4.90 Å². The van der Waals surface area contributed by atoms with Crippen molar-refractivity contribution in [3.63, 3.8) is 0 Å². The molecule has 1 rings (SSSR count). The molecule has 0 aliphatic heterocycles. The van der Waals surface area contributed by atoms with Crippen LogP contribution < -0.4 is 5.32 Å². The molecule has 0 saturated heterocycles. The molecule has 0 aromatic heterocycles. The van der Waals surface area contributed by atoms with E-state index in [-0.39, 0.29) is 0 Å². The summed E-state index contributed by atoms with van der Waals surface area (Å²) in [5.74, 6) is 0. The zero-order chi connectivity index (χ0) is 13.8. The first-order chi connectivity index (χ1) is 8.43. The molecule has 1 aromatic carbocycles. The Morgan fingerprint density at radius 3 is 2.61 bits per heavy atom. The van der Waals surface area contributed by atoms with E-state index in [2.05, 4.69) is 21.2 Å². The molecule has 0 unspecified atom stereocenters. The first kappa shape index (κ1) is 15.6. The SMILES string of the molecule is CCCN(C)S(=O)(=O)c1cc(CNC)ccc1Br. The predicted octanol–water partition coefficient (Wildman–Crippen LogP) is 2.20. The number of nitrogens with one attached hydrogen (secondary N) is 1. The third-order valence-corrected chi connectivity index (χ3v) is 5.45. The van der Waals surface area contributed by atoms with Crippen molar-refractivity contribution in [3.05, 3.63) is 28.2 Å². The van der Waals surface area contributed by atoms with Gasteiger partial charge in [-0.15, -0.1) is 0 Å². The van der Waals surface area contributed by atoms with Crippen molar-refractivity contribution in [1.29, 1.82) is 0 Å². The van der Waals surface area contributed by atoms with Crippen LogP contribution in [0.3, 0.4) is 0 Å². The van der Waals surface area contributed by atoms with E-state index in [1.165, 1.54) is 4.31 Å². The van der Waals surface area contributed by atoms with Gasteiger partial charge in [0.15, 0.2) is 0 Å². The van der Waals surface area contributed by atoms with Gasteiger partial charge in [0.25, 0.3) is 0 Å². The zero-order valence-corrected chi connectivity index (χ0v) is 13.3. The maximum atomic E-state index is 12.4. The summed E-state index contributed by atoms with van der Waals surface area (Å²) in [5, 5.41) is 3.01. The Bertz CT molecular complexity index is 503. The Balaban J connectivity index is 3.18. The van der Waals surface area contributed by atoms with Gasteiger partial charge in [0.1, 0.15) is 0 Å². The summed E-state index contributed by atoms with van der Waals surface area (Å²) >= 11 is 3.31. The van der Waals surface area contributed by atoms with E-state index in [0.717, 1.165) is 12.0 Å². The summed E-state index contributed by atoms with van der Waals surface area (Å²) in [6.45, 7) is 3.12. The first-order valence-corrected chi connectivity index (χ1v) is 8.06. The predicted molar refractivity (Wildman–Crippen MR) is 77.0 cm³/mol. The third-order valence-electron chi connectivity index (χ3n) is 2.60. The van der Waals surface area contributed by atoms with Gasteiger partial charge < -0.3 is 5.32 Å². The monoisotopic (exact) mass is 334 g/mol. The van der Waals surface area contributed by atoms with Crippen molar-refractivity contribution in [2.45, 2.75) is 24.8 Å². The highest BCUT2D eigenvalue weighted by Gasteiger charge is 2.22. The van der Waals surface area contributed by atoms with E-state index in [1.807, 2.05) is 20.0 Å². The Hall–Kier alpha value is -0.430. The van der Waals surface area contributed by atoms with Crippen molar-refractivity contribution in [3.8, 4) is 0 Å². The molecular formula is C12H19BrN2O2S. The van der Waals surface area contributed by atoms with Gasteiger partial charge in [-0.05, 0) is 47.1 Å². The van der Waals surface area contributed by atoms with Gasteiger partial charge in [-0.1, -0.05) is 13.0 Å². The molecule has 0 spiro atoms. The molecule has 0 bridgehead atoms. The molecule has 0 amide bonds. The van der Waals surface area contributed by atoms with Crippen LogP contribution in [0.4, 0.5) is 0 Å². The van der Waals surface area contributed by atoms with Crippen LogP contribution >= 0.6 is 15.9 Å². The van der Waals surface area contributed by atoms with Gasteiger partial charge in [-0.3, -0.25) is 0 Å². The zero-order valence-electron chi connectivity index (χ0n) is 10.9. The second-order valence-electron chi connectivity index (χ2n) is 4.12. The van der Waals surface area contributed by atoms with Crippen molar-refractivity contribution >= 4 is 26.0 Å². The van der Waals surface area contributed by atoms with Crippen molar-refractivity contribution < 1.29 is 8.42 Å². The number of halogens is 1. The molecule has 102 valence electrons. The Morgan fingerprint density at radius 1 is 1.39 bits per heavy atom. The highest BCUT2D eigenvalue weighted by molar-refractivity contribution is 9.10. The standard InChI is InChI=1S/C12H19BrN2O2S/c1-4-7-15(3)18(16,17)12-8-10(9-14-2)5-6-11(12)13/h5-6,8,14H,4,7,9H2,1-3H3. The molecule has 0 saturated carbocycles. The van der Waals surface area contributed by atoms with E-state index in [4.69, 9.17) is 0 Å². The normalized spacial score (nSPS) is 12.1. The molecule has 0 radical (unpaired) electrons. The Kier molecular flexibility index (Phi) is 5.78. The smallest absolute Gasteiger partial charge is 0.243 e. The fraction of sp³-hybridized carbons (Fsp3) is 0.500. The number of nitrogens with zero attached hydrogens (tertiary/aromatic N) is 1. The van der Waals surface area contributed by atoms with Crippen LogP contribution in [0.1, 0.15) is 18.9 Å². The lowest BCUT2D eigenvalue weighted by Gasteiger charge is -2.18. The second kappa shape index (κ2) is 6.65. The van der Waals surface area contributed by atoms with Crippen LogP contribution in [0.25, 0.3) is 0 Å². The summed E-state index contributed by atoms with van der Waals surface area (Å²) in [4.78, 5) is 0.325. The average Bonchev–Trinajstić information content (AvgIpc) is 2.32. The van der Waals surface area contributed by atoms with E-state index >= 15 is 0 Å². The minimum Gasteiger partial charge on any atom is -0.316 e. The van der Waals surface area contributed by atoms with E-state index in [1.54, 1.807) is 19.2 Å². The second-order valence-corrected chi connectivity index (χ2v) is 6.99. The minimum atomic E-state index is -3.41. The number of hydrogen-bond donors (Lipinski definition) is 1. The number of rotatable bonds is 6. The summed E-state index contributed by atoms with van der Waals surface area (Å²) in [6.07, 6.45) is 0.795. The van der Waals surface area contributed by atoms with Gasteiger partial charge >= 0.3 is 0 Å². The van der Waals surface area contributed by atoms with Crippen LogP contribution in [0.2, 0.25) is 0 Å². The Morgan fingerprint density at radius 2 is 2.06 bits per heavy atom. The van der Waals surface area contributed by atoms with Gasteiger partial charge in [-0.25, -0.2) is 12.7 Å². The quantitative estimate of drug-likeness (QED) is 0.867. The lowest BCUT2D eigenvalue weighted by Crippen LogP contribution is -2.28. The summed E-state index contributed by atoms with van der Waals surface area (Å²) < 4.78 is 26.7. The van der Waals surface area contributed by atoms with E-state index < -0.39 is 10.0 Å². The van der Waals surface area contributed by atoms with Gasteiger partial charge in [0, 0.05) is 24.6 Å². The fourth-order valence-electron chi connectivity index (χ4n) is 1.66. The molecular weight excluding hydrogens is 316 g/mol. The van der Waals surface area contributed by atoms with Crippen LogP contribution in [0.15, 0.2) is 27.6 Å². The average molecular weight is 335 g/mol. The van der Waals surface area contributed by atoms with Gasteiger partial charge in [0.2, 0.25) is 10.0 Å². The topological polar surface area (TPSA) is 49.4 Å². The first-order valence-electron chi connectivity index (χ1n) is 5.82. The summed E-state index contributed by atoms with van der Waals surface area (Å²) in [5.41, 5.74) is 0.948. The molecule has 0 atom stereocenters. The van der Waals surface area contributed by atoms with Crippen LogP contribution in [0, 0.1) is 0 Å². The minimum absolute atomic E-state index is 0.325. The van der Waals surface area contributed by atoms with Crippen molar-refractivity contribution in [1.82, 2.24) is 9.62 Å². The van der Waals surface area contributed by atoms with Crippen molar-refractivity contribution in [2.24, 2.45) is 0 Å².